The van der Waals surface area contributed by atoms with E-state index in [4.69, 9.17) is 4.74 Å². The zero-order valence-corrected chi connectivity index (χ0v) is 17.1. The van der Waals surface area contributed by atoms with Crippen molar-refractivity contribution >= 4 is 17.6 Å². The van der Waals surface area contributed by atoms with Crippen molar-refractivity contribution in [3.63, 3.8) is 0 Å². The molecule has 0 unspecified atom stereocenters. The van der Waals surface area contributed by atoms with Gasteiger partial charge in [-0.25, -0.2) is 18.3 Å². The van der Waals surface area contributed by atoms with E-state index in [1.165, 1.54) is 45.2 Å². The SMILES string of the molecule is CCC(F)(F)c1cccc(NC(=O)c2c(C)nn(-c3ccc(OC)cc3)c2C(=O)O)c1. The Kier molecular flexibility index (Phi) is 6.05. The van der Waals surface area contributed by atoms with Crippen LogP contribution in [0.1, 0.15) is 45.4 Å². The summed E-state index contributed by atoms with van der Waals surface area (Å²) < 4.78 is 34.2. The summed E-state index contributed by atoms with van der Waals surface area (Å²) in [5.41, 5.74) is -0.00246. The van der Waals surface area contributed by atoms with Gasteiger partial charge >= 0.3 is 5.97 Å². The minimum absolute atomic E-state index is 0.128. The number of ether oxygens (including phenoxy) is 1. The lowest BCUT2D eigenvalue weighted by Gasteiger charge is -2.15. The number of hydrogen-bond acceptors (Lipinski definition) is 4. The Morgan fingerprint density at radius 2 is 1.87 bits per heavy atom. The van der Waals surface area contributed by atoms with Crippen LogP contribution < -0.4 is 10.1 Å². The molecule has 1 amide bonds. The number of alkyl halides is 2. The predicted molar refractivity (Wildman–Crippen MR) is 110 cm³/mol. The maximum Gasteiger partial charge on any atom is 0.355 e. The lowest BCUT2D eigenvalue weighted by molar-refractivity contribution is -0.00825. The van der Waals surface area contributed by atoms with Crippen LogP contribution in [0.3, 0.4) is 0 Å². The molecule has 0 saturated carbocycles. The summed E-state index contributed by atoms with van der Waals surface area (Å²) in [4.78, 5) is 24.9. The number of methoxy groups -OCH3 is 1. The topological polar surface area (TPSA) is 93.5 Å². The van der Waals surface area contributed by atoms with Crippen LogP contribution in [-0.2, 0) is 5.92 Å². The zero-order valence-electron chi connectivity index (χ0n) is 17.1. The third kappa shape index (κ3) is 4.40. The molecule has 31 heavy (non-hydrogen) atoms. The molecule has 0 spiro atoms. The maximum atomic E-state index is 14.0. The Labute approximate surface area is 177 Å². The molecule has 9 heteroatoms. The number of rotatable bonds is 7. The molecule has 1 aromatic heterocycles. The molecule has 3 rings (SSSR count). The summed E-state index contributed by atoms with van der Waals surface area (Å²) >= 11 is 0. The normalized spacial score (nSPS) is 11.3. The van der Waals surface area contributed by atoms with Crippen LogP contribution in [0.15, 0.2) is 48.5 Å². The van der Waals surface area contributed by atoms with Gasteiger partial charge in [0.05, 0.1) is 24.1 Å². The van der Waals surface area contributed by atoms with E-state index in [1.54, 1.807) is 24.3 Å². The Hall–Kier alpha value is -3.75. The van der Waals surface area contributed by atoms with Gasteiger partial charge in [0.1, 0.15) is 5.75 Å². The Bertz CT molecular complexity index is 1120. The molecule has 2 aromatic carbocycles. The molecule has 0 aliphatic heterocycles. The van der Waals surface area contributed by atoms with Crippen molar-refractivity contribution in [2.45, 2.75) is 26.2 Å². The minimum Gasteiger partial charge on any atom is -0.497 e. The number of aryl methyl sites for hydroxylation is 1. The Balaban J connectivity index is 1.99. The van der Waals surface area contributed by atoms with Crippen LogP contribution in [0, 0.1) is 6.92 Å². The van der Waals surface area contributed by atoms with Crippen molar-refractivity contribution in [1.82, 2.24) is 9.78 Å². The van der Waals surface area contributed by atoms with Crippen LogP contribution in [0.5, 0.6) is 5.75 Å². The van der Waals surface area contributed by atoms with Crippen molar-refractivity contribution in [3.05, 3.63) is 71.0 Å². The van der Waals surface area contributed by atoms with Gasteiger partial charge in [0.15, 0.2) is 5.69 Å². The lowest BCUT2D eigenvalue weighted by Crippen LogP contribution is -2.19. The standard InChI is InChI=1S/C22H21F2N3O4/c1-4-22(23,24)14-6-5-7-15(12-14)25-20(28)18-13(2)26-27(19(18)21(29)30)16-8-10-17(31-3)11-9-16/h5-12H,4H2,1-3H3,(H,25,28)(H,29,30). The van der Waals surface area contributed by atoms with Gasteiger partial charge in [0, 0.05) is 17.7 Å². The van der Waals surface area contributed by atoms with Crippen LogP contribution in [0.2, 0.25) is 0 Å². The number of carboxylic acid groups (broad SMARTS) is 1. The largest absolute Gasteiger partial charge is 0.497 e. The number of carboxylic acids is 1. The molecule has 0 aliphatic rings. The predicted octanol–water partition coefficient (Wildman–Crippen LogP) is 4.64. The summed E-state index contributed by atoms with van der Waals surface area (Å²) in [7, 11) is 1.50. The number of hydrogen-bond donors (Lipinski definition) is 2. The van der Waals surface area contributed by atoms with Crippen molar-refractivity contribution in [2.24, 2.45) is 0 Å². The van der Waals surface area contributed by atoms with Crippen LogP contribution in [0.4, 0.5) is 14.5 Å². The average molecular weight is 429 g/mol. The first-order chi connectivity index (χ1) is 14.7. The molecule has 0 atom stereocenters. The molecule has 0 bridgehead atoms. The molecule has 7 nitrogen and oxygen atoms in total. The van der Waals surface area contributed by atoms with Crippen LogP contribution in [-0.4, -0.2) is 33.9 Å². The van der Waals surface area contributed by atoms with Gasteiger partial charge in [0.25, 0.3) is 11.8 Å². The highest BCUT2D eigenvalue weighted by Gasteiger charge is 2.30. The number of benzene rings is 2. The summed E-state index contributed by atoms with van der Waals surface area (Å²) in [6, 6.07) is 11.8. The Morgan fingerprint density at radius 1 is 1.19 bits per heavy atom. The van der Waals surface area contributed by atoms with Gasteiger partial charge in [-0.3, -0.25) is 4.79 Å². The maximum absolute atomic E-state index is 14.0. The van der Waals surface area contributed by atoms with Gasteiger partial charge in [-0.05, 0) is 43.3 Å². The number of halogens is 2. The lowest BCUT2D eigenvalue weighted by atomic mass is 10.1. The minimum atomic E-state index is -3.04. The van der Waals surface area contributed by atoms with E-state index < -0.39 is 17.8 Å². The average Bonchev–Trinajstić information content (AvgIpc) is 3.11. The number of aromatic carboxylic acids is 1. The second kappa shape index (κ2) is 8.55. The molecule has 0 fully saturated rings. The molecule has 0 radical (unpaired) electrons. The zero-order chi connectivity index (χ0) is 22.8. The van der Waals surface area contributed by atoms with Gasteiger partial charge < -0.3 is 15.2 Å². The highest BCUT2D eigenvalue weighted by atomic mass is 19.3. The van der Waals surface area contributed by atoms with Gasteiger partial charge in [0.2, 0.25) is 0 Å². The molecular weight excluding hydrogens is 408 g/mol. The fourth-order valence-electron chi connectivity index (χ4n) is 3.13. The first-order valence-corrected chi connectivity index (χ1v) is 9.45. The third-order valence-corrected chi connectivity index (χ3v) is 4.79. The number of carbonyl (C=O) groups excluding carboxylic acids is 1. The van der Waals surface area contributed by atoms with E-state index in [0.717, 1.165) is 4.68 Å². The van der Waals surface area contributed by atoms with Crippen LogP contribution >= 0.6 is 0 Å². The van der Waals surface area contributed by atoms with Crippen molar-refractivity contribution in [1.29, 1.82) is 0 Å². The third-order valence-electron chi connectivity index (χ3n) is 4.79. The smallest absolute Gasteiger partial charge is 0.355 e. The summed E-state index contributed by atoms with van der Waals surface area (Å²) in [6.07, 6.45) is -0.388. The second-order valence-electron chi connectivity index (χ2n) is 6.82. The van der Waals surface area contributed by atoms with Crippen molar-refractivity contribution in [2.75, 3.05) is 12.4 Å². The van der Waals surface area contributed by atoms with Crippen molar-refractivity contribution < 1.29 is 28.2 Å². The number of nitrogens with zero attached hydrogens (tertiary/aromatic N) is 2. The Morgan fingerprint density at radius 3 is 2.45 bits per heavy atom. The monoisotopic (exact) mass is 429 g/mol. The van der Waals surface area contributed by atoms with E-state index in [0.29, 0.717) is 11.4 Å². The van der Waals surface area contributed by atoms with E-state index in [2.05, 4.69) is 10.4 Å². The van der Waals surface area contributed by atoms with Gasteiger partial charge in [-0.2, -0.15) is 5.10 Å². The molecule has 3 aromatic rings. The molecule has 2 N–H and O–H groups in total. The van der Waals surface area contributed by atoms with E-state index in [1.807, 2.05) is 0 Å². The summed E-state index contributed by atoms with van der Waals surface area (Å²) in [5, 5.41) is 16.5. The first-order valence-electron chi connectivity index (χ1n) is 9.45. The molecular formula is C22H21F2N3O4. The molecule has 0 saturated heterocycles. The van der Waals surface area contributed by atoms with Gasteiger partial charge in [-0.15, -0.1) is 0 Å². The second-order valence-corrected chi connectivity index (χ2v) is 6.82. The van der Waals surface area contributed by atoms with Crippen molar-refractivity contribution in [3.8, 4) is 11.4 Å². The number of anilines is 1. The highest BCUT2D eigenvalue weighted by molar-refractivity contribution is 6.11. The summed E-state index contributed by atoms with van der Waals surface area (Å²) in [5.74, 6) is -4.58. The van der Waals surface area contributed by atoms with E-state index in [-0.39, 0.29) is 34.6 Å². The summed E-state index contributed by atoms with van der Waals surface area (Å²) in [6.45, 7) is 2.87. The number of aromatic nitrogens is 2. The van der Waals surface area contributed by atoms with E-state index in [9.17, 15) is 23.5 Å². The van der Waals surface area contributed by atoms with Gasteiger partial charge in [-0.1, -0.05) is 19.1 Å². The molecule has 162 valence electrons. The number of nitrogens with one attached hydrogen (secondary N) is 1. The number of carbonyl (C=O) groups is 2. The first kappa shape index (κ1) is 21.9. The highest BCUT2D eigenvalue weighted by Crippen LogP contribution is 2.32. The van der Waals surface area contributed by atoms with E-state index >= 15 is 0 Å². The molecule has 0 aliphatic carbocycles. The van der Waals surface area contributed by atoms with Crippen LogP contribution in [0.25, 0.3) is 5.69 Å². The molecule has 1 heterocycles. The number of amides is 1. The quantitative estimate of drug-likeness (QED) is 0.571. The fraction of sp³-hybridized carbons (Fsp3) is 0.227. The fourth-order valence-corrected chi connectivity index (χ4v) is 3.13.